The lowest BCUT2D eigenvalue weighted by Crippen LogP contribution is -2.28. The summed E-state index contributed by atoms with van der Waals surface area (Å²) in [5.41, 5.74) is 0.920. The first-order chi connectivity index (χ1) is 8.88. The molecule has 0 amide bonds. The predicted molar refractivity (Wildman–Crippen MR) is 86.1 cm³/mol. The molecular formula is C13H19BrClNO2Si. The average molecular weight is 365 g/mol. The van der Waals surface area contributed by atoms with E-state index in [4.69, 9.17) is 21.1 Å². The van der Waals surface area contributed by atoms with E-state index in [1.54, 1.807) is 0 Å². The molecule has 106 valence electrons. The highest BCUT2D eigenvalue weighted by Crippen LogP contribution is 2.43. The zero-order chi connectivity index (χ0) is 14.0. The fraction of sp³-hybridized carbons (Fsp3) is 0.538. The highest BCUT2D eigenvalue weighted by Gasteiger charge is 2.25. The molecule has 0 saturated carbocycles. The van der Waals surface area contributed by atoms with E-state index >= 15 is 0 Å². The topological polar surface area (TPSA) is 21.7 Å². The number of benzene rings is 1. The second kappa shape index (κ2) is 6.04. The molecule has 6 heteroatoms. The molecule has 2 rings (SSSR count). The first-order valence-corrected chi connectivity index (χ1v) is 11.2. The van der Waals surface area contributed by atoms with E-state index < -0.39 is 8.07 Å². The lowest BCUT2D eigenvalue weighted by Gasteiger charge is -2.20. The van der Waals surface area contributed by atoms with Crippen molar-refractivity contribution in [3.8, 4) is 5.75 Å². The van der Waals surface area contributed by atoms with Crippen LogP contribution in [0.25, 0.3) is 0 Å². The quantitative estimate of drug-likeness (QED) is 0.564. The van der Waals surface area contributed by atoms with Crippen molar-refractivity contribution in [2.45, 2.75) is 25.7 Å². The number of nitrogens with zero attached hydrogens (tertiary/aromatic N) is 1. The van der Waals surface area contributed by atoms with Crippen LogP contribution in [0.2, 0.25) is 30.7 Å². The van der Waals surface area contributed by atoms with Crippen LogP contribution in [0.5, 0.6) is 5.75 Å². The van der Waals surface area contributed by atoms with Crippen LogP contribution < -0.4 is 9.64 Å². The summed E-state index contributed by atoms with van der Waals surface area (Å²) >= 11 is 9.74. The Hall–Kier alpha value is -0.233. The Labute approximate surface area is 129 Å². The van der Waals surface area contributed by atoms with Gasteiger partial charge in [0.25, 0.3) is 0 Å². The lowest BCUT2D eigenvalue weighted by atomic mass is 10.3. The summed E-state index contributed by atoms with van der Waals surface area (Å²) in [4.78, 5) is 2.02. The van der Waals surface area contributed by atoms with Crippen molar-refractivity contribution < 1.29 is 9.47 Å². The summed E-state index contributed by atoms with van der Waals surface area (Å²) in [6, 6.07) is 4.99. The van der Waals surface area contributed by atoms with Gasteiger partial charge < -0.3 is 14.4 Å². The fourth-order valence-electron chi connectivity index (χ4n) is 1.80. The highest BCUT2D eigenvalue weighted by atomic mass is 79.9. The molecule has 0 spiro atoms. The molecule has 1 aromatic carbocycles. The molecule has 1 heterocycles. The second-order valence-corrected chi connectivity index (χ2v) is 12.7. The van der Waals surface area contributed by atoms with Gasteiger partial charge >= 0.3 is 0 Å². The van der Waals surface area contributed by atoms with Gasteiger partial charge in [-0.2, -0.15) is 0 Å². The standard InChI is InChI=1S/C13H19BrClNO2Si/c1-19(2,3)7-6-17-8-16-9-18-11-5-4-10(14)12(15)13(11)16/h4-5H,6-9H2,1-3H3. The van der Waals surface area contributed by atoms with Crippen LogP contribution in [0.1, 0.15) is 0 Å². The van der Waals surface area contributed by atoms with E-state index in [0.29, 0.717) is 18.5 Å². The number of halogens is 2. The van der Waals surface area contributed by atoms with Gasteiger partial charge in [-0.3, -0.25) is 0 Å². The van der Waals surface area contributed by atoms with Gasteiger partial charge in [0.15, 0.2) is 6.73 Å². The minimum atomic E-state index is -1.03. The highest BCUT2D eigenvalue weighted by molar-refractivity contribution is 9.10. The molecule has 0 radical (unpaired) electrons. The minimum absolute atomic E-state index is 0.498. The zero-order valence-corrected chi connectivity index (χ0v) is 14.8. The summed E-state index contributed by atoms with van der Waals surface area (Å²) in [5, 5.41) is 0.684. The van der Waals surface area contributed by atoms with Gasteiger partial charge in [0.1, 0.15) is 18.2 Å². The van der Waals surface area contributed by atoms with Gasteiger partial charge in [-0.05, 0) is 34.1 Å². The number of hydrogen-bond donors (Lipinski definition) is 0. The van der Waals surface area contributed by atoms with Crippen LogP contribution in [0.3, 0.4) is 0 Å². The van der Waals surface area contributed by atoms with Crippen LogP contribution in [0.4, 0.5) is 5.69 Å². The first-order valence-electron chi connectivity index (χ1n) is 6.32. The molecule has 3 nitrogen and oxygen atoms in total. The molecule has 0 saturated heterocycles. The largest absolute Gasteiger partial charge is 0.471 e. The summed E-state index contributed by atoms with van der Waals surface area (Å²) < 4.78 is 12.2. The van der Waals surface area contributed by atoms with E-state index in [2.05, 4.69) is 35.6 Å². The van der Waals surface area contributed by atoms with Crippen LogP contribution in [-0.4, -0.2) is 28.1 Å². The van der Waals surface area contributed by atoms with Crippen molar-refractivity contribution in [3.63, 3.8) is 0 Å². The van der Waals surface area contributed by atoms with Crippen molar-refractivity contribution in [1.29, 1.82) is 0 Å². The maximum Gasteiger partial charge on any atom is 0.163 e. The number of anilines is 1. The molecule has 0 aromatic heterocycles. The van der Waals surface area contributed by atoms with Gasteiger partial charge in [0.2, 0.25) is 0 Å². The smallest absolute Gasteiger partial charge is 0.163 e. The molecule has 0 N–H and O–H groups in total. The summed E-state index contributed by atoms with van der Waals surface area (Å²) in [6.45, 7) is 8.86. The third-order valence-corrected chi connectivity index (χ3v) is 5.94. The minimum Gasteiger partial charge on any atom is -0.471 e. The Bertz CT molecular complexity index is 465. The van der Waals surface area contributed by atoms with E-state index in [9.17, 15) is 0 Å². The average Bonchev–Trinajstić information content (AvgIpc) is 2.72. The second-order valence-electron chi connectivity index (χ2n) is 5.87. The molecule has 0 fully saturated rings. The third kappa shape index (κ3) is 3.87. The zero-order valence-electron chi connectivity index (χ0n) is 11.5. The monoisotopic (exact) mass is 363 g/mol. The molecule has 19 heavy (non-hydrogen) atoms. The first kappa shape index (κ1) is 15.2. The summed E-state index contributed by atoms with van der Waals surface area (Å²) in [7, 11) is -1.03. The molecule has 1 aromatic rings. The maximum absolute atomic E-state index is 6.30. The maximum atomic E-state index is 6.30. The van der Waals surface area contributed by atoms with E-state index in [1.807, 2.05) is 17.0 Å². The van der Waals surface area contributed by atoms with E-state index in [0.717, 1.165) is 22.5 Å². The summed E-state index contributed by atoms with van der Waals surface area (Å²) in [5.74, 6) is 0.821. The third-order valence-electron chi connectivity index (χ3n) is 2.97. The van der Waals surface area contributed by atoms with Crippen LogP contribution in [0.15, 0.2) is 16.6 Å². The van der Waals surface area contributed by atoms with Crippen molar-refractivity contribution in [2.75, 3.05) is 25.0 Å². The van der Waals surface area contributed by atoms with Crippen LogP contribution in [0, 0.1) is 0 Å². The fourth-order valence-corrected chi connectivity index (χ4v) is 3.15. The molecule has 0 bridgehead atoms. The van der Waals surface area contributed by atoms with Crippen molar-refractivity contribution in [1.82, 2.24) is 0 Å². The normalized spacial score (nSPS) is 14.5. The Balaban J connectivity index is 1.94. The Morgan fingerprint density at radius 1 is 1.42 bits per heavy atom. The lowest BCUT2D eigenvalue weighted by molar-refractivity contribution is 0.138. The molecule has 1 aliphatic rings. The summed E-state index contributed by atoms with van der Waals surface area (Å²) in [6.07, 6.45) is 0. The van der Waals surface area contributed by atoms with Gasteiger partial charge in [-0.1, -0.05) is 31.2 Å². The van der Waals surface area contributed by atoms with Gasteiger partial charge in [-0.15, -0.1) is 0 Å². The molecule has 0 aliphatic carbocycles. The van der Waals surface area contributed by atoms with Crippen LogP contribution >= 0.6 is 27.5 Å². The molecule has 0 atom stereocenters. The molecule has 0 unspecified atom stereocenters. The number of rotatable bonds is 5. The van der Waals surface area contributed by atoms with Crippen molar-refractivity contribution >= 4 is 41.3 Å². The number of ether oxygens (including phenoxy) is 2. The van der Waals surface area contributed by atoms with E-state index in [-0.39, 0.29) is 0 Å². The SMILES string of the molecule is C[Si](C)(C)CCOCN1COc2ccc(Br)c(Cl)c21. The van der Waals surface area contributed by atoms with Crippen molar-refractivity contribution in [2.24, 2.45) is 0 Å². The van der Waals surface area contributed by atoms with Crippen molar-refractivity contribution in [3.05, 3.63) is 21.6 Å². The number of hydrogen-bond acceptors (Lipinski definition) is 3. The van der Waals surface area contributed by atoms with Gasteiger partial charge in [0.05, 0.1) is 5.02 Å². The van der Waals surface area contributed by atoms with Gasteiger partial charge in [-0.25, -0.2) is 0 Å². The predicted octanol–water partition coefficient (Wildman–Crippen LogP) is 4.57. The van der Waals surface area contributed by atoms with E-state index in [1.165, 1.54) is 6.04 Å². The van der Waals surface area contributed by atoms with Crippen LogP contribution in [-0.2, 0) is 4.74 Å². The van der Waals surface area contributed by atoms with Gasteiger partial charge in [0, 0.05) is 19.2 Å². The molecule has 1 aliphatic heterocycles. The Kier molecular flexibility index (Phi) is 4.82. The molecular weight excluding hydrogens is 346 g/mol. The number of fused-ring (bicyclic) bond motifs is 1. The Morgan fingerprint density at radius 2 is 2.16 bits per heavy atom. The Morgan fingerprint density at radius 3 is 2.84 bits per heavy atom.